The molecule has 2 N–H and O–H groups in total. The highest BCUT2D eigenvalue weighted by Gasteiger charge is 2.37. The van der Waals surface area contributed by atoms with Crippen LogP contribution in [0.15, 0.2) is 11.5 Å². The molecule has 11 nitrogen and oxygen atoms in total. The van der Waals surface area contributed by atoms with Crippen molar-refractivity contribution in [1.82, 2.24) is 19.5 Å². The molecule has 1 aliphatic rings. The molecule has 1 aliphatic heterocycles. The van der Waals surface area contributed by atoms with Crippen LogP contribution in [0.25, 0.3) is 11.2 Å². The zero-order chi connectivity index (χ0) is 24.9. The van der Waals surface area contributed by atoms with Crippen molar-refractivity contribution in [3.63, 3.8) is 0 Å². The van der Waals surface area contributed by atoms with E-state index in [1.807, 2.05) is 6.26 Å². The fourth-order valence-corrected chi connectivity index (χ4v) is 4.64. The van der Waals surface area contributed by atoms with Crippen LogP contribution in [0.1, 0.15) is 19.1 Å². The van der Waals surface area contributed by atoms with Gasteiger partial charge in [-0.3, -0.25) is 9.13 Å². The van der Waals surface area contributed by atoms with E-state index >= 15 is 0 Å². The highest BCUT2D eigenvalue weighted by Crippen LogP contribution is 2.39. The number of anilines is 1. The van der Waals surface area contributed by atoms with Crippen LogP contribution in [-0.4, -0.2) is 81.0 Å². The average Bonchev–Trinajstić information content (AvgIpc) is 3.35. The number of alkyl halides is 3. The summed E-state index contributed by atoms with van der Waals surface area (Å²) in [5.74, 6) is 0.895. The molecule has 0 amide bonds. The normalized spacial score (nSPS) is 22.9. The summed E-state index contributed by atoms with van der Waals surface area (Å²) in [5.41, 5.74) is 0.698. The van der Waals surface area contributed by atoms with Gasteiger partial charge in [-0.05, 0) is 6.26 Å². The Kier molecular flexibility index (Phi) is 9.48. The highest BCUT2D eigenvalue weighted by molar-refractivity contribution is 7.99. The third kappa shape index (κ3) is 7.43. The number of aliphatic hydroxyl groups is 1. The number of aromatic nitrogens is 4. The Morgan fingerprint density at radius 1 is 1.41 bits per heavy atom. The number of imidazole rings is 1. The van der Waals surface area contributed by atoms with Crippen molar-refractivity contribution in [2.75, 3.05) is 43.3 Å². The lowest BCUT2D eigenvalue weighted by molar-refractivity contribution is -0.226. The first-order chi connectivity index (χ1) is 16.0. The second kappa shape index (κ2) is 11.7. The van der Waals surface area contributed by atoms with E-state index in [1.165, 1.54) is 10.9 Å². The molecule has 17 heteroatoms. The van der Waals surface area contributed by atoms with Crippen molar-refractivity contribution in [2.24, 2.45) is 0 Å². The Bertz CT molecular complexity index is 1020. The van der Waals surface area contributed by atoms with E-state index in [0.717, 1.165) is 24.6 Å². The molecule has 0 bridgehead atoms. The van der Waals surface area contributed by atoms with E-state index in [9.17, 15) is 27.7 Å². The van der Waals surface area contributed by atoms with Crippen LogP contribution in [0, 0.1) is 0 Å². The molecule has 1 fully saturated rings. The zero-order valence-corrected chi connectivity index (χ0v) is 20.8. The lowest BCUT2D eigenvalue weighted by atomic mass is 10.2. The minimum Gasteiger partial charge on any atom is -0.756 e. The van der Waals surface area contributed by atoms with Gasteiger partial charge in [0, 0.05) is 31.6 Å². The van der Waals surface area contributed by atoms with E-state index in [0.29, 0.717) is 23.5 Å². The first-order valence-corrected chi connectivity index (χ1v) is 13.9. The molecular formula is C17H24F3N5O6PS2-. The van der Waals surface area contributed by atoms with Crippen LogP contribution >= 0.6 is 31.3 Å². The molecule has 3 rings (SSSR count). The number of ether oxygens (including phenoxy) is 1. The second-order valence-corrected chi connectivity index (χ2v) is 10.7. The summed E-state index contributed by atoms with van der Waals surface area (Å²) in [6.07, 6.45) is -4.58. The minimum absolute atomic E-state index is 0.0887. The van der Waals surface area contributed by atoms with E-state index in [1.54, 1.807) is 11.8 Å². The molecule has 0 radical (unpaired) electrons. The van der Waals surface area contributed by atoms with Crippen LogP contribution in [0.3, 0.4) is 0 Å². The maximum absolute atomic E-state index is 12.6. The third-order valence-electron chi connectivity index (χ3n) is 4.75. The Morgan fingerprint density at radius 2 is 2.18 bits per heavy atom. The van der Waals surface area contributed by atoms with Crippen molar-refractivity contribution in [3.8, 4) is 0 Å². The molecule has 0 aliphatic carbocycles. The minimum atomic E-state index is -4.49. The summed E-state index contributed by atoms with van der Waals surface area (Å²) in [5, 5.41) is 13.6. The van der Waals surface area contributed by atoms with Crippen molar-refractivity contribution < 1.29 is 41.5 Å². The van der Waals surface area contributed by atoms with Gasteiger partial charge >= 0.3 is 6.18 Å². The van der Waals surface area contributed by atoms with Gasteiger partial charge in [0.1, 0.15) is 12.3 Å². The Hall–Kier alpha value is -1.13. The molecule has 1 unspecified atom stereocenters. The molecule has 4 atom stereocenters. The number of nitrogens with one attached hydrogen (secondary N) is 1. The summed E-state index contributed by atoms with van der Waals surface area (Å²) in [7, 11) is -3.54. The van der Waals surface area contributed by atoms with Crippen LogP contribution in [0.4, 0.5) is 19.0 Å². The largest absolute Gasteiger partial charge is 0.756 e. The molecule has 0 saturated carbocycles. The van der Waals surface area contributed by atoms with Gasteiger partial charge in [0.25, 0.3) is 7.82 Å². The summed E-state index contributed by atoms with van der Waals surface area (Å²) < 4.78 is 65.3. The molecular weight excluding hydrogens is 522 g/mol. The third-order valence-corrected chi connectivity index (χ3v) is 7.13. The van der Waals surface area contributed by atoms with Gasteiger partial charge < -0.3 is 29.1 Å². The summed E-state index contributed by atoms with van der Waals surface area (Å²) in [4.78, 5) is 24.4. The van der Waals surface area contributed by atoms with E-state index < -0.39 is 45.5 Å². The predicted octanol–water partition coefficient (Wildman–Crippen LogP) is 2.43. The van der Waals surface area contributed by atoms with Gasteiger partial charge in [-0.2, -0.15) is 24.9 Å². The summed E-state index contributed by atoms with van der Waals surface area (Å²) in [6, 6.07) is 0. The predicted molar refractivity (Wildman–Crippen MR) is 119 cm³/mol. The number of hydrogen-bond donors (Lipinski definition) is 2. The van der Waals surface area contributed by atoms with Crippen molar-refractivity contribution >= 4 is 48.3 Å². The van der Waals surface area contributed by atoms with Gasteiger partial charge in [-0.15, -0.1) is 0 Å². The fraction of sp³-hybridized carbons (Fsp3) is 0.706. The number of aliphatic hydroxyl groups excluding tert-OH is 1. The van der Waals surface area contributed by atoms with Crippen molar-refractivity contribution in [3.05, 3.63) is 6.33 Å². The van der Waals surface area contributed by atoms with Gasteiger partial charge in [0.2, 0.25) is 0 Å². The maximum atomic E-state index is 12.6. The lowest BCUT2D eigenvalue weighted by Gasteiger charge is -2.23. The van der Waals surface area contributed by atoms with Crippen molar-refractivity contribution in [2.45, 2.75) is 42.6 Å². The number of hydrogen-bond acceptors (Lipinski definition) is 12. The quantitative estimate of drug-likeness (QED) is 0.175. The molecule has 192 valence electrons. The number of halogens is 3. The van der Waals surface area contributed by atoms with Crippen LogP contribution in [0.2, 0.25) is 0 Å². The summed E-state index contributed by atoms with van der Waals surface area (Å²) in [6.45, 7) is 0.105. The standard InChI is InChI=1S/C17H25F3N5O6PS2/c1-29-32(27,28)30-8-11-10(26)7-12(31-11)25-9-22-13-14(21-4-6-33-2)23-16(24-15(13)25)34-5-3-17(18,19)20/h9-12,26H,3-8H2,1-2H3,(H,27,28)(H,21,23,24)/p-1/t10-,11+,12+/m0/s1. The van der Waals surface area contributed by atoms with Crippen LogP contribution in [0.5, 0.6) is 0 Å². The molecule has 0 aromatic carbocycles. The number of nitrogens with zero attached hydrogens (tertiary/aromatic N) is 4. The maximum Gasteiger partial charge on any atom is 0.389 e. The monoisotopic (exact) mass is 546 g/mol. The number of thioether (sulfide) groups is 2. The van der Waals surface area contributed by atoms with E-state index in [2.05, 4.69) is 29.3 Å². The molecule has 2 aromatic rings. The summed E-state index contributed by atoms with van der Waals surface area (Å²) >= 11 is 2.47. The zero-order valence-electron chi connectivity index (χ0n) is 18.2. The van der Waals surface area contributed by atoms with Gasteiger partial charge in [0.05, 0.1) is 25.5 Å². The highest BCUT2D eigenvalue weighted by atomic mass is 32.2. The number of fused-ring (bicyclic) bond motifs is 1. The molecule has 1 saturated heterocycles. The van der Waals surface area contributed by atoms with E-state index in [4.69, 9.17) is 4.74 Å². The number of rotatable bonds is 12. The smallest absolute Gasteiger partial charge is 0.389 e. The van der Waals surface area contributed by atoms with E-state index in [-0.39, 0.29) is 17.3 Å². The van der Waals surface area contributed by atoms with Crippen LogP contribution < -0.4 is 10.2 Å². The molecule has 3 heterocycles. The number of phosphoric acid groups is 1. The Labute approximate surface area is 201 Å². The SMILES string of the molecule is COP(=O)([O-])OC[C@H]1O[C@@H](n2cnc3c(NCCSC)nc(SCCC(F)(F)F)nc32)C[C@@H]1O. The first-order valence-electron chi connectivity index (χ1n) is 10.0. The van der Waals surface area contributed by atoms with Crippen molar-refractivity contribution in [1.29, 1.82) is 0 Å². The Morgan fingerprint density at radius 3 is 2.85 bits per heavy atom. The van der Waals surface area contributed by atoms with Gasteiger partial charge in [0.15, 0.2) is 22.1 Å². The van der Waals surface area contributed by atoms with Crippen LogP contribution in [-0.2, 0) is 18.3 Å². The molecule has 34 heavy (non-hydrogen) atoms. The molecule has 2 aromatic heterocycles. The second-order valence-electron chi connectivity index (χ2n) is 7.17. The first kappa shape index (κ1) is 27.5. The Balaban J connectivity index is 1.82. The lowest BCUT2D eigenvalue weighted by Crippen LogP contribution is -2.27. The average molecular weight is 547 g/mol. The van der Waals surface area contributed by atoms with Gasteiger partial charge in [-0.25, -0.2) is 15.0 Å². The molecule has 0 spiro atoms. The van der Waals surface area contributed by atoms with Gasteiger partial charge in [-0.1, -0.05) is 11.8 Å². The topological polar surface area (TPSA) is 144 Å². The fourth-order valence-electron chi connectivity index (χ4n) is 3.08. The number of phosphoric ester groups is 1.